The van der Waals surface area contributed by atoms with Crippen LogP contribution in [0.5, 0.6) is 0 Å². The van der Waals surface area contributed by atoms with E-state index in [-0.39, 0.29) is 5.56 Å². The topological polar surface area (TPSA) is 80.1 Å². The third-order valence-electron chi connectivity index (χ3n) is 5.04. The fourth-order valence-electron chi connectivity index (χ4n) is 3.60. The van der Waals surface area contributed by atoms with Crippen LogP contribution in [0.4, 0.5) is 5.13 Å². The van der Waals surface area contributed by atoms with Crippen LogP contribution >= 0.6 is 11.3 Å². The van der Waals surface area contributed by atoms with Crippen LogP contribution < -0.4 is 10.9 Å². The number of nitrogens with one attached hydrogen (secondary N) is 1. The van der Waals surface area contributed by atoms with E-state index in [1.807, 2.05) is 92.0 Å². The molecular weight excluding hydrogens is 434 g/mol. The predicted molar refractivity (Wildman–Crippen MR) is 133 cm³/mol. The fourth-order valence-corrected chi connectivity index (χ4v) is 4.30. The Morgan fingerprint density at radius 3 is 2.27 bits per heavy atom. The molecule has 0 saturated heterocycles. The Labute approximate surface area is 196 Å². The van der Waals surface area contributed by atoms with E-state index in [0.29, 0.717) is 29.5 Å². The number of anilines is 1. The van der Waals surface area contributed by atoms with Crippen LogP contribution in [0.2, 0.25) is 0 Å². The molecule has 2 aromatic carbocycles. The molecule has 0 saturated carbocycles. The maximum Gasteiger partial charge on any atom is 0.280 e. The van der Waals surface area contributed by atoms with Gasteiger partial charge in [-0.25, -0.2) is 9.67 Å². The van der Waals surface area contributed by atoms with Gasteiger partial charge in [0, 0.05) is 29.6 Å². The summed E-state index contributed by atoms with van der Waals surface area (Å²) in [4.78, 5) is 33.4. The van der Waals surface area contributed by atoms with Crippen LogP contribution in [0.3, 0.4) is 0 Å². The summed E-state index contributed by atoms with van der Waals surface area (Å²) in [6.45, 7) is 2.84. The largest absolute Gasteiger partial charge is 0.304 e. The number of hydrogen-bond acceptors (Lipinski definition) is 6. The molecule has 0 bridgehead atoms. The molecule has 1 N–H and O–H groups in total. The predicted octanol–water partition coefficient (Wildman–Crippen LogP) is 4.37. The smallest absolute Gasteiger partial charge is 0.280 e. The first kappa shape index (κ1) is 22.6. The molecule has 0 atom stereocenters. The molecule has 7 nitrogen and oxygen atoms in total. The number of rotatable bonds is 7. The molecule has 0 spiro atoms. The third kappa shape index (κ3) is 4.92. The van der Waals surface area contributed by atoms with Gasteiger partial charge >= 0.3 is 0 Å². The molecule has 0 aliphatic rings. The molecule has 0 radical (unpaired) electrons. The highest BCUT2D eigenvalue weighted by Gasteiger charge is 2.25. The number of carbonyl (C=O) groups excluding carboxylic acids is 1. The molecule has 0 aliphatic heterocycles. The van der Waals surface area contributed by atoms with Gasteiger partial charge in [-0.05, 0) is 26.6 Å². The van der Waals surface area contributed by atoms with Crippen LogP contribution in [0.15, 0.2) is 70.8 Å². The van der Waals surface area contributed by atoms with E-state index in [9.17, 15) is 9.59 Å². The van der Waals surface area contributed by atoms with Crippen LogP contribution in [0, 0.1) is 0 Å². The summed E-state index contributed by atoms with van der Waals surface area (Å²) in [5.74, 6) is -0.494. The van der Waals surface area contributed by atoms with E-state index in [0.717, 1.165) is 16.8 Å². The van der Waals surface area contributed by atoms with Crippen molar-refractivity contribution in [1.29, 1.82) is 0 Å². The number of benzene rings is 2. The molecule has 1 amide bonds. The second kappa shape index (κ2) is 9.89. The summed E-state index contributed by atoms with van der Waals surface area (Å²) >= 11 is 1.34. The Balaban J connectivity index is 1.88. The number of nitrogens with zero attached hydrogens (tertiary/aromatic N) is 4. The van der Waals surface area contributed by atoms with Gasteiger partial charge in [-0.2, -0.15) is 5.10 Å². The van der Waals surface area contributed by atoms with Gasteiger partial charge in [0.1, 0.15) is 5.56 Å². The highest BCUT2D eigenvalue weighted by molar-refractivity contribution is 7.14. The summed E-state index contributed by atoms with van der Waals surface area (Å²) in [7, 11) is 3.91. The number of hydrogen-bond donors (Lipinski definition) is 1. The zero-order chi connectivity index (χ0) is 23.4. The first-order valence-electron chi connectivity index (χ1n) is 10.6. The summed E-state index contributed by atoms with van der Waals surface area (Å²) in [6, 6.07) is 19.0. The average Bonchev–Trinajstić information content (AvgIpc) is 3.25. The van der Waals surface area contributed by atoms with Crippen molar-refractivity contribution in [3.63, 3.8) is 0 Å². The number of aromatic nitrogens is 3. The van der Waals surface area contributed by atoms with Gasteiger partial charge in [-0.15, -0.1) is 11.3 Å². The molecule has 0 unspecified atom stereocenters. The van der Waals surface area contributed by atoms with Crippen molar-refractivity contribution in [1.82, 2.24) is 19.7 Å². The van der Waals surface area contributed by atoms with Gasteiger partial charge in [0.05, 0.1) is 11.4 Å². The van der Waals surface area contributed by atoms with Crippen molar-refractivity contribution in [2.45, 2.75) is 20.0 Å². The van der Waals surface area contributed by atoms with Gasteiger partial charge in [-0.3, -0.25) is 14.9 Å². The van der Waals surface area contributed by atoms with Crippen LogP contribution in [0.1, 0.15) is 23.0 Å². The molecule has 4 rings (SSSR count). The lowest BCUT2D eigenvalue weighted by molar-refractivity contribution is 0.102. The van der Waals surface area contributed by atoms with Crippen molar-refractivity contribution in [3.05, 3.63) is 87.7 Å². The van der Waals surface area contributed by atoms with E-state index >= 15 is 0 Å². The average molecular weight is 460 g/mol. The van der Waals surface area contributed by atoms with Gasteiger partial charge in [-0.1, -0.05) is 60.7 Å². The van der Waals surface area contributed by atoms with Gasteiger partial charge < -0.3 is 4.90 Å². The minimum atomic E-state index is -0.494. The molecule has 0 aliphatic carbocycles. The van der Waals surface area contributed by atoms with E-state index in [1.54, 1.807) is 0 Å². The Kier molecular flexibility index (Phi) is 6.76. The second-order valence-electron chi connectivity index (χ2n) is 7.79. The Morgan fingerprint density at radius 1 is 1.03 bits per heavy atom. The van der Waals surface area contributed by atoms with E-state index in [4.69, 9.17) is 0 Å². The van der Waals surface area contributed by atoms with E-state index in [2.05, 4.69) is 15.4 Å². The van der Waals surface area contributed by atoms with Crippen molar-refractivity contribution in [2.75, 3.05) is 19.4 Å². The highest BCUT2D eigenvalue weighted by Crippen LogP contribution is 2.32. The Hall–Kier alpha value is -3.62. The molecule has 0 fully saturated rings. The molecular formula is C25H25N5O2S. The number of aryl methyl sites for hydroxylation is 1. The summed E-state index contributed by atoms with van der Waals surface area (Å²) < 4.78 is 1.34. The molecule has 2 heterocycles. The SMILES string of the molecule is CCn1nc(-c2ccccc2)c(-c2ccccc2)c(C(=O)Nc2nc(CN(C)C)cs2)c1=O. The first-order chi connectivity index (χ1) is 16.0. The molecule has 2 aromatic heterocycles. The molecule has 8 heteroatoms. The van der Waals surface area contributed by atoms with Crippen molar-refractivity contribution in [2.24, 2.45) is 0 Å². The molecule has 168 valence electrons. The standard InChI is InChI=1S/C25H25N5O2S/c1-4-30-24(32)21(23(31)27-25-26-19(16-33-25)15-29(2)3)20(17-11-7-5-8-12-17)22(28-30)18-13-9-6-10-14-18/h5-14,16H,4,15H2,1-3H3,(H,26,27,31). The lowest BCUT2D eigenvalue weighted by atomic mass is 9.95. The summed E-state index contributed by atoms with van der Waals surface area (Å²) in [5.41, 5.74) is 3.16. The monoisotopic (exact) mass is 459 g/mol. The van der Waals surface area contributed by atoms with Gasteiger partial charge in [0.15, 0.2) is 5.13 Å². The van der Waals surface area contributed by atoms with Crippen LogP contribution in [0.25, 0.3) is 22.4 Å². The van der Waals surface area contributed by atoms with Crippen LogP contribution in [-0.2, 0) is 13.1 Å². The quantitative estimate of drug-likeness (QED) is 0.444. The van der Waals surface area contributed by atoms with E-state index in [1.165, 1.54) is 16.0 Å². The number of carbonyl (C=O) groups is 1. The third-order valence-corrected chi connectivity index (χ3v) is 5.85. The number of thiazole rings is 1. The lowest BCUT2D eigenvalue weighted by Gasteiger charge is -2.16. The second-order valence-corrected chi connectivity index (χ2v) is 8.65. The Bertz CT molecular complexity index is 1310. The zero-order valence-electron chi connectivity index (χ0n) is 18.8. The summed E-state index contributed by atoms with van der Waals surface area (Å²) in [6.07, 6.45) is 0. The first-order valence-corrected chi connectivity index (χ1v) is 11.5. The Morgan fingerprint density at radius 2 is 1.67 bits per heavy atom. The van der Waals surface area contributed by atoms with Gasteiger partial charge in [0.25, 0.3) is 11.5 Å². The van der Waals surface area contributed by atoms with Crippen molar-refractivity contribution < 1.29 is 4.79 Å². The minimum Gasteiger partial charge on any atom is -0.304 e. The molecule has 4 aromatic rings. The normalized spacial score (nSPS) is 11.0. The van der Waals surface area contributed by atoms with E-state index < -0.39 is 11.5 Å². The number of amides is 1. The fraction of sp³-hybridized carbons (Fsp3) is 0.200. The zero-order valence-corrected chi connectivity index (χ0v) is 19.6. The summed E-state index contributed by atoms with van der Waals surface area (Å²) in [5, 5.41) is 9.83. The van der Waals surface area contributed by atoms with Crippen molar-refractivity contribution in [3.8, 4) is 22.4 Å². The van der Waals surface area contributed by atoms with Crippen LogP contribution in [-0.4, -0.2) is 39.7 Å². The lowest BCUT2D eigenvalue weighted by Crippen LogP contribution is -2.32. The maximum atomic E-state index is 13.5. The molecule has 33 heavy (non-hydrogen) atoms. The highest BCUT2D eigenvalue weighted by atomic mass is 32.1. The van der Waals surface area contributed by atoms with Gasteiger partial charge in [0.2, 0.25) is 0 Å². The van der Waals surface area contributed by atoms with Crippen molar-refractivity contribution >= 4 is 22.4 Å². The minimum absolute atomic E-state index is 0.0567. The maximum absolute atomic E-state index is 13.5.